The van der Waals surface area contributed by atoms with Crippen molar-refractivity contribution in [3.8, 4) is 0 Å². The normalized spacial score (nSPS) is 9.83. The molecule has 0 aliphatic heterocycles. The van der Waals surface area contributed by atoms with Crippen molar-refractivity contribution in [3.63, 3.8) is 0 Å². The van der Waals surface area contributed by atoms with Gasteiger partial charge in [0.15, 0.2) is 0 Å². The van der Waals surface area contributed by atoms with E-state index in [1.807, 2.05) is 0 Å². The summed E-state index contributed by atoms with van der Waals surface area (Å²) in [7, 11) is 0. The highest BCUT2D eigenvalue weighted by molar-refractivity contribution is 6.68. The van der Waals surface area contributed by atoms with E-state index in [0.717, 1.165) is 24.3 Å². The molecule has 0 aliphatic carbocycles. The molecule has 0 saturated heterocycles. The van der Waals surface area contributed by atoms with E-state index in [1.165, 1.54) is 24.3 Å². The molecule has 6 nitrogen and oxygen atoms in total. The predicted octanol–water partition coefficient (Wildman–Crippen LogP) is 2.37. The second-order valence-corrected chi connectivity index (χ2v) is 4.37. The summed E-state index contributed by atoms with van der Waals surface area (Å²) in [4.78, 5) is 23.8. The Morgan fingerprint density at radius 2 is 1.13 bits per heavy atom. The van der Waals surface area contributed by atoms with Crippen LogP contribution in [-0.4, -0.2) is 22.7 Å². The third-order valence-electron chi connectivity index (χ3n) is 2.73. The molecule has 0 aliphatic rings. The molecule has 23 heavy (non-hydrogen) atoms. The highest BCUT2D eigenvalue weighted by Crippen LogP contribution is 2.10. The molecule has 0 heterocycles. The van der Waals surface area contributed by atoms with Crippen LogP contribution < -0.4 is 10.6 Å². The van der Waals surface area contributed by atoms with Gasteiger partial charge in [0, 0.05) is 11.4 Å². The first kappa shape index (κ1) is 16.1. The molecule has 118 valence electrons. The molecule has 0 aromatic heterocycles. The summed E-state index contributed by atoms with van der Waals surface area (Å²) >= 11 is 0. The first-order valence-corrected chi connectivity index (χ1v) is 6.35. The molecule has 0 unspecified atom stereocenters. The van der Waals surface area contributed by atoms with Crippen LogP contribution in [0.2, 0.25) is 0 Å². The lowest BCUT2D eigenvalue weighted by Gasteiger charge is -2.08. The van der Waals surface area contributed by atoms with Crippen LogP contribution in [-0.2, 0) is 9.59 Å². The molecule has 0 bridgehead atoms. The molecule has 2 aromatic carbocycles. The number of anilines is 2. The van der Waals surface area contributed by atoms with E-state index in [1.54, 1.807) is 0 Å². The number of rotatable bonds is 4. The third-order valence-corrected chi connectivity index (χ3v) is 2.73. The van der Waals surface area contributed by atoms with Crippen molar-refractivity contribution < 1.29 is 23.6 Å². The molecular weight excluding hydrogens is 308 g/mol. The minimum atomic E-state index is -0.987. The molecule has 0 fully saturated rings. The first-order chi connectivity index (χ1) is 11.0. The van der Waals surface area contributed by atoms with Gasteiger partial charge in [-0.2, -0.15) is 0 Å². The first-order valence-electron chi connectivity index (χ1n) is 6.35. The minimum Gasteiger partial charge on any atom is -0.410 e. The third kappa shape index (κ3) is 4.34. The molecule has 3 N–H and O–H groups in total. The molecule has 0 atom stereocenters. The zero-order chi connectivity index (χ0) is 16.8. The molecule has 0 radical (unpaired) electrons. The number of amides is 2. The minimum absolute atomic E-state index is 0.215. The zero-order valence-corrected chi connectivity index (χ0v) is 11.6. The number of halogens is 2. The maximum absolute atomic E-state index is 12.8. The van der Waals surface area contributed by atoms with Crippen molar-refractivity contribution in [2.24, 2.45) is 5.16 Å². The van der Waals surface area contributed by atoms with Gasteiger partial charge < -0.3 is 15.8 Å². The second kappa shape index (κ2) is 7.12. The van der Waals surface area contributed by atoms with Gasteiger partial charge >= 0.3 is 0 Å². The van der Waals surface area contributed by atoms with Gasteiger partial charge in [0.1, 0.15) is 11.6 Å². The van der Waals surface area contributed by atoms with Gasteiger partial charge in [-0.05, 0) is 48.5 Å². The van der Waals surface area contributed by atoms with E-state index in [4.69, 9.17) is 5.21 Å². The quantitative estimate of drug-likeness (QED) is 0.350. The van der Waals surface area contributed by atoms with Gasteiger partial charge in [-0.15, -0.1) is 0 Å². The number of hydrogen-bond donors (Lipinski definition) is 3. The van der Waals surface area contributed by atoms with Gasteiger partial charge in [-0.1, -0.05) is 5.16 Å². The fourth-order valence-electron chi connectivity index (χ4n) is 1.64. The molecular formula is C15H11F2N3O3. The van der Waals surface area contributed by atoms with Gasteiger partial charge in [-0.3, -0.25) is 9.59 Å². The standard InChI is InChI=1S/C15H11F2N3O3/c16-9-1-5-11(6-2-9)18-14(21)13(20-23)15(22)19-12-7-3-10(17)4-8-12/h1-8,23H,(H,18,21)(H,19,22). The Hall–Kier alpha value is -3.29. The highest BCUT2D eigenvalue weighted by atomic mass is 19.1. The van der Waals surface area contributed by atoms with Gasteiger partial charge in [0.2, 0.25) is 5.71 Å². The Morgan fingerprint density at radius 3 is 1.43 bits per heavy atom. The van der Waals surface area contributed by atoms with E-state index >= 15 is 0 Å². The van der Waals surface area contributed by atoms with Crippen molar-refractivity contribution in [1.29, 1.82) is 0 Å². The number of oxime groups is 1. The lowest BCUT2D eigenvalue weighted by atomic mass is 10.2. The second-order valence-electron chi connectivity index (χ2n) is 4.37. The summed E-state index contributed by atoms with van der Waals surface area (Å²) in [6.07, 6.45) is 0. The number of nitrogens with zero attached hydrogens (tertiary/aromatic N) is 1. The van der Waals surface area contributed by atoms with E-state index in [9.17, 15) is 18.4 Å². The fourth-order valence-corrected chi connectivity index (χ4v) is 1.64. The van der Waals surface area contributed by atoms with Crippen LogP contribution in [0.3, 0.4) is 0 Å². The number of carbonyl (C=O) groups excluding carboxylic acids is 2. The van der Waals surface area contributed by atoms with E-state index in [0.29, 0.717) is 0 Å². The van der Waals surface area contributed by atoms with Crippen LogP contribution in [0.5, 0.6) is 0 Å². The van der Waals surface area contributed by atoms with Gasteiger partial charge in [0.25, 0.3) is 11.8 Å². The van der Waals surface area contributed by atoms with Crippen LogP contribution in [0.15, 0.2) is 53.7 Å². The highest BCUT2D eigenvalue weighted by Gasteiger charge is 2.21. The summed E-state index contributed by atoms with van der Waals surface area (Å²) < 4.78 is 25.6. The van der Waals surface area contributed by atoms with Gasteiger partial charge in [-0.25, -0.2) is 8.78 Å². The number of benzene rings is 2. The van der Waals surface area contributed by atoms with Crippen LogP contribution in [0.1, 0.15) is 0 Å². The molecule has 8 heteroatoms. The SMILES string of the molecule is O=C(Nc1ccc(F)cc1)C(=NO)C(=O)Nc1ccc(F)cc1. The Morgan fingerprint density at radius 1 is 0.783 bits per heavy atom. The summed E-state index contributed by atoms with van der Waals surface area (Å²) in [6.45, 7) is 0. The molecule has 2 aromatic rings. The Kier molecular flexibility index (Phi) is 4.98. The van der Waals surface area contributed by atoms with E-state index < -0.39 is 29.2 Å². The smallest absolute Gasteiger partial charge is 0.283 e. The predicted molar refractivity (Wildman–Crippen MR) is 79.3 cm³/mol. The van der Waals surface area contributed by atoms with Gasteiger partial charge in [0.05, 0.1) is 0 Å². The lowest BCUT2D eigenvalue weighted by molar-refractivity contribution is -0.114. The maximum atomic E-state index is 12.8. The van der Waals surface area contributed by atoms with Crippen LogP contribution >= 0.6 is 0 Å². The summed E-state index contributed by atoms with van der Waals surface area (Å²) in [5.74, 6) is -2.96. The van der Waals surface area contributed by atoms with E-state index in [-0.39, 0.29) is 11.4 Å². The fraction of sp³-hybridized carbons (Fsp3) is 0. The largest absolute Gasteiger partial charge is 0.410 e. The van der Waals surface area contributed by atoms with Crippen molar-refractivity contribution >= 4 is 28.9 Å². The maximum Gasteiger partial charge on any atom is 0.283 e. The van der Waals surface area contributed by atoms with E-state index in [2.05, 4.69) is 15.8 Å². The molecule has 2 amide bonds. The average Bonchev–Trinajstić information content (AvgIpc) is 2.52. The zero-order valence-electron chi connectivity index (χ0n) is 11.6. The Bertz CT molecular complexity index is 682. The molecule has 0 saturated carbocycles. The number of hydrogen-bond acceptors (Lipinski definition) is 4. The summed E-state index contributed by atoms with van der Waals surface area (Å²) in [6, 6.07) is 9.57. The van der Waals surface area contributed by atoms with Crippen LogP contribution in [0.4, 0.5) is 20.2 Å². The number of nitrogens with one attached hydrogen (secondary N) is 2. The van der Waals surface area contributed by atoms with Crippen LogP contribution in [0.25, 0.3) is 0 Å². The van der Waals surface area contributed by atoms with Crippen LogP contribution in [0, 0.1) is 11.6 Å². The lowest BCUT2D eigenvalue weighted by Crippen LogP contribution is -2.34. The molecule has 2 rings (SSSR count). The Labute approximate surface area is 129 Å². The van der Waals surface area contributed by atoms with Crippen molar-refractivity contribution in [3.05, 3.63) is 60.2 Å². The topological polar surface area (TPSA) is 90.8 Å². The monoisotopic (exact) mass is 319 g/mol. The Balaban J connectivity index is 2.06. The average molecular weight is 319 g/mol. The van der Waals surface area contributed by atoms with Crippen molar-refractivity contribution in [2.45, 2.75) is 0 Å². The summed E-state index contributed by atoms with van der Waals surface area (Å²) in [5, 5.41) is 16.1. The molecule has 0 spiro atoms. The van der Waals surface area contributed by atoms with Crippen molar-refractivity contribution in [2.75, 3.05) is 10.6 Å². The summed E-state index contributed by atoms with van der Waals surface area (Å²) in [5.41, 5.74) is -0.377. The number of carbonyl (C=O) groups is 2. The van der Waals surface area contributed by atoms with Crippen molar-refractivity contribution in [1.82, 2.24) is 0 Å².